The van der Waals surface area contributed by atoms with Crippen molar-refractivity contribution in [2.24, 2.45) is 17.3 Å². The Bertz CT molecular complexity index is 377. The fourth-order valence-corrected chi connectivity index (χ4v) is 2.74. The molecule has 114 valence electrons. The third-order valence-electron chi connectivity index (χ3n) is 4.53. The fraction of sp³-hybridized carbons (Fsp3) is 0.867. The van der Waals surface area contributed by atoms with Crippen LogP contribution in [0.3, 0.4) is 0 Å². The van der Waals surface area contributed by atoms with E-state index in [1.165, 1.54) is 0 Å². The van der Waals surface area contributed by atoms with Gasteiger partial charge in [-0.15, -0.1) is 0 Å². The SMILES string of the molecule is CC(C)C(=O)N1CCCC(C(=O)NCC2(CO)CC2)C1. The van der Waals surface area contributed by atoms with E-state index in [1.807, 2.05) is 18.7 Å². The van der Waals surface area contributed by atoms with Gasteiger partial charge in [-0.1, -0.05) is 13.8 Å². The summed E-state index contributed by atoms with van der Waals surface area (Å²) in [6.07, 6.45) is 3.72. The molecule has 0 radical (unpaired) electrons. The van der Waals surface area contributed by atoms with Gasteiger partial charge in [0.25, 0.3) is 0 Å². The normalized spacial score (nSPS) is 24.6. The van der Waals surface area contributed by atoms with Gasteiger partial charge in [-0.3, -0.25) is 9.59 Å². The summed E-state index contributed by atoms with van der Waals surface area (Å²) in [5.74, 6) is 0.0596. The van der Waals surface area contributed by atoms with E-state index in [9.17, 15) is 14.7 Å². The van der Waals surface area contributed by atoms with Crippen LogP contribution in [0.15, 0.2) is 0 Å². The summed E-state index contributed by atoms with van der Waals surface area (Å²) in [5.41, 5.74) is -0.0578. The number of nitrogens with one attached hydrogen (secondary N) is 1. The van der Waals surface area contributed by atoms with Crippen LogP contribution in [-0.2, 0) is 9.59 Å². The van der Waals surface area contributed by atoms with Crippen molar-refractivity contribution < 1.29 is 14.7 Å². The Balaban J connectivity index is 1.82. The van der Waals surface area contributed by atoms with Gasteiger partial charge < -0.3 is 15.3 Å². The predicted octanol–water partition coefficient (Wildman–Crippen LogP) is 0.770. The number of likely N-dealkylation sites (tertiary alicyclic amines) is 1. The zero-order chi connectivity index (χ0) is 14.8. The standard InChI is InChI=1S/C15H26N2O3/c1-11(2)14(20)17-7-3-4-12(8-17)13(19)16-9-15(10-18)5-6-15/h11-12,18H,3-10H2,1-2H3,(H,16,19). The van der Waals surface area contributed by atoms with Gasteiger partial charge >= 0.3 is 0 Å². The molecule has 1 aliphatic heterocycles. The number of rotatable bonds is 5. The van der Waals surface area contributed by atoms with Crippen molar-refractivity contribution in [1.29, 1.82) is 0 Å². The average Bonchev–Trinajstić information content (AvgIpc) is 3.24. The Labute approximate surface area is 120 Å². The molecule has 2 amide bonds. The lowest BCUT2D eigenvalue weighted by atomic mass is 9.95. The van der Waals surface area contributed by atoms with Crippen LogP contribution in [0.4, 0.5) is 0 Å². The van der Waals surface area contributed by atoms with E-state index in [2.05, 4.69) is 5.32 Å². The molecule has 0 bridgehead atoms. The molecule has 0 aromatic rings. The number of piperidine rings is 1. The monoisotopic (exact) mass is 282 g/mol. The highest BCUT2D eigenvalue weighted by molar-refractivity contribution is 5.82. The maximum Gasteiger partial charge on any atom is 0.225 e. The van der Waals surface area contributed by atoms with Crippen LogP contribution in [0.2, 0.25) is 0 Å². The van der Waals surface area contributed by atoms with Crippen molar-refractivity contribution in [3.05, 3.63) is 0 Å². The van der Waals surface area contributed by atoms with E-state index in [4.69, 9.17) is 0 Å². The number of aliphatic hydroxyl groups excluding tert-OH is 1. The molecule has 1 atom stereocenters. The molecule has 0 spiro atoms. The van der Waals surface area contributed by atoms with Crippen molar-refractivity contribution in [1.82, 2.24) is 10.2 Å². The van der Waals surface area contributed by atoms with Crippen LogP contribution in [0.1, 0.15) is 39.5 Å². The molecule has 20 heavy (non-hydrogen) atoms. The molecule has 2 fully saturated rings. The largest absolute Gasteiger partial charge is 0.396 e. The molecular weight excluding hydrogens is 256 g/mol. The lowest BCUT2D eigenvalue weighted by molar-refractivity contribution is -0.138. The van der Waals surface area contributed by atoms with E-state index < -0.39 is 0 Å². The highest BCUT2D eigenvalue weighted by Crippen LogP contribution is 2.44. The minimum Gasteiger partial charge on any atom is -0.396 e. The molecule has 2 rings (SSSR count). The Morgan fingerprint density at radius 1 is 1.40 bits per heavy atom. The highest BCUT2D eigenvalue weighted by Gasteiger charge is 2.42. The van der Waals surface area contributed by atoms with Gasteiger partial charge in [-0.05, 0) is 25.7 Å². The molecule has 0 aromatic heterocycles. The molecule has 1 unspecified atom stereocenters. The first-order chi connectivity index (χ1) is 9.47. The molecule has 5 heteroatoms. The van der Waals surface area contributed by atoms with E-state index in [0.29, 0.717) is 13.1 Å². The zero-order valence-corrected chi connectivity index (χ0v) is 12.5. The number of amides is 2. The lowest BCUT2D eigenvalue weighted by Crippen LogP contribution is -2.47. The van der Waals surface area contributed by atoms with Crippen molar-refractivity contribution >= 4 is 11.8 Å². The number of hydrogen-bond acceptors (Lipinski definition) is 3. The van der Waals surface area contributed by atoms with Gasteiger partial charge in [0.15, 0.2) is 0 Å². The van der Waals surface area contributed by atoms with Gasteiger partial charge in [0.1, 0.15) is 0 Å². The number of hydrogen-bond donors (Lipinski definition) is 2. The van der Waals surface area contributed by atoms with Gasteiger partial charge in [0.05, 0.1) is 12.5 Å². The number of carbonyl (C=O) groups is 2. The minimum absolute atomic E-state index is 0.0130. The summed E-state index contributed by atoms with van der Waals surface area (Å²) >= 11 is 0. The second-order valence-corrected chi connectivity index (χ2v) is 6.65. The minimum atomic E-state index is -0.0963. The zero-order valence-electron chi connectivity index (χ0n) is 12.5. The lowest BCUT2D eigenvalue weighted by Gasteiger charge is -2.33. The van der Waals surface area contributed by atoms with Gasteiger partial charge in [0.2, 0.25) is 11.8 Å². The Hall–Kier alpha value is -1.10. The summed E-state index contributed by atoms with van der Waals surface area (Å²) in [6, 6.07) is 0. The van der Waals surface area contributed by atoms with Crippen LogP contribution in [0.25, 0.3) is 0 Å². The molecule has 5 nitrogen and oxygen atoms in total. The van der Waals surface area contributed by atoms with Gasteiger partial charge in [-0.25, -0.2) is 0 Å². The van der Waals surface area contributed by atoms with Crippen LogP contribution in [0, 0.1) is 17.3 Å². The summed E-state index contributed by atoms with van der Waals surface area (Å²) in [4.78, 5) is 26.0. The first kappa shape index (κ1) is 15.3. The Morgan fingerprint density at radius 2 is 2.10 bits per heavy atom. The summed E-state index contributed by atoms with van der Waals surface area (Å²) in [7, 11) is 0. The second kappa shape index (κ2) is 6.12. The predicted molar refractivity (Wildman–Crippen MR) is 75.9 cm³/mol. The highest BCUT2D eigenvalue weighted by atomic mass is 16.3. The van der Waals surface area contributed by atoms with Crippen LogP contribution in [0.5, 0.6) is 0 Å². The molecule has 2 aliphatic rings. The third-order valence-corrected chi connectivity index (χ3v) is 4.53. The third kappa shape index (κ3) is 3.51. The van der Waals surface area contributed by atoms with E-state index in [0.717, 1.165) is 32.2 Å². The fourth-order valence-electron chi connectivity index (χ4n) is 2.74. The Morgan fingerprint density at radius 3 is 2.65 bits per heavy atom. The van der Waals surface area contributed by atoms with Gasteiger partial charge in [0, 0.05) is 31.0 Å². The van der Waals surface area contributed by atoms with Gasteiger partial charge in [-0.2, -0.15) is 0 Å². The number of aliphatic hydroxyl groups is 1. The van der Waals surface area contributed by atoms with Crippen LogP contribution < -0.4 is 5.32 Å². The van der Waals surface area contributed by atoms with Crippen LogP contribution in [-0.4, -0.2) is 48.1 Å². The van der Waals surface area contributed by atoms with E-state index in [-0.39, 0.29) is 35.7 Å². The topological polar surface area (TPSA) is 69.6 Å². The van der Waals surface area contributed by atoms with Crippen LogP contribution >= 0.6 is 0 Å². The summed E-state index contributed by atoms with van der Waals surface area (Å²) < 4.78 is 0. The van der Waals surface area contributed by atoms with Crippen molar-refractivity contribution in [3.63, 3.8) is 0 Å². The Kier molecular flexibility index (Phi) is 4.68. The number of nitrogens with zero attached hydrogens (tertiary/aromatic N) is 1. The van der Waals surface area contributed by atoms with Crippen molar-refractivity contribution in [2.75, 3.05) is 26.2 Å². The molecule has 1 saturated heterocycles. The summed E-state index contributed by atoms with van der Waals surface area (Å²) in [5, 5.41) is 12.2. The number of carbonyl (C=O) groups excluding carboxylic acids is 2. The van der Waals surface area contributed by atoms with Crippen molar-refractivity contribution in [3.8, 4) is 0 Å². The molecular formula is C15H26N2O3. The molecule has 1 aliphatic carbocycles. The van der Waals surface area contributed by atoms with Crippen molar-refractivity contribution in [2.45, 2.75) is 39.5 Å². The molecule has 1 saturated carbocycles. The maximum atomic E-state index is 12.2. The molecule has 0 aromatic carbocycles. The maximum absolute atomic E-state index is 12.2. The first-order valence-corrected chi connectivity index (χ1v) is 7.65. The quantitative estimate of drug-likeness (QED) is 0.782. The average molecular weight is 282 g/mol. The second-order valence-electron chi connectivity index (χ2n) is 6.65. The van der Waals surface area contributed by atoms with E-state index >= 15 is 0 Å². The first-order valence-electron chi connectivity index (χ1n) is 7.65. The molecule has 2 N–H and O–H groups in total. The smallest absolute Gasteiger partial charge is 0.225 e. The molecule has 1 heterocycles. The summed E-state index contributed by atoms with van der Waals surface area (Å²) in [6.45, 7) is 5.80. The van der Waals surface area contributed by atoms with E-state index in [1.54, 1.807) is 0 Å².